The van der Waals surface area contributed by atoms with Crippen LogP contribution in [0.1, 0.15) is 5.56 Å². The van der Waals surface area contributed by atoms with Crippen LogP contribution in [0, 0.1) is 0 Å². The molecule has 0 amide bonds. The van der Waals surface area contributed by atoms with Gasteiger partial charge in [-0.3, -0.25) is 4.72 Å². The second kappa shape index (κ2) is 5.13. The van der Waals surface area contributed by atoms with Gasteiger partial charge in [0.25, 0.3) is 10.0 Å². The van der Waals surface area contributed by atoms with Crippen LogP contribution >= 0.6 is 22.7 Å². The van der Waals surface area contributed by atoms with Crippen LogP contribution in [-0.4, -0.2) is 18.5 Å². The minimum atomic E-state index is -3.61. The molecule has 0 atom stereocenters. The molecule has 5 nitrogen and oxygen atoms in total. The molecule has 3 aromatic rings. The van der Waals surface area contributed by atoms with Gasteiger partial charge in [0, 0.05) is 0 Å². The Kier molecular flexibility index (Phi) is 3.47. The maximum absolute atomic E-state index is 12.2. The van der Waals surface area contributed by atoms with Crippen molar-refractivity contribution in [1.82, 2.24) is 4.98 Å². The van der Waals surface area contributed by atoms with Crippen molar-refractivity contribution in [2.45, 2.75) is 10.8 Å². The summed E-state index contributed by atoms with van der Waals surface area (Å²) >= 11 is 2.54. The predicted molar refractivity (Wildman–Crippen MR) is 80.7 cm³/mol. The minimum Gasteiger partial charge on any atom is -0.392 e. The summed E-state index contributed by atoms with van der Waals surface area (Å²) in [5.41, 5.74) is 3.65. The SMILES string of the molecule is O=S(=O)(Nc1ccc2ncsc2c1)c1cc(CO)cs1. The highest BCUT2D eigenvalue weighted by molar-refractivity contribution is 7.94. The lowest BCUT2D eigenvalue weighted by Crippen LogP contribution is -2.11. The second-order valence-corrected chi connectivity index (χ2v) is 7.78. The van der Waals surface area contributed by atoms with Gasteiger partial charge in [-0.15, -0.1) is 22.7 Å². The Morgan fingerprint density at radius 2 is 2.10 bits per heavy atom. The maximum atomic E-state index is 12.2. The highest BCUT2D eigenvalue weighted by Crippen LogP contribution is 2.26. The molecule has 0 spiro atoms. The number of benzene rings is 1. The molecule has 3 rings (SSSR count). The number of hydrogen-bond donors (Lipinski definition) is 2. The van der Waals surface area contributed by atoms with E-state index < -0.39 is 10.0 Å². The van der Waals surface area contributed by atoms with Crippen molar-refractivity contribution in [3.63, 3.8) is 0 Å². The first kappa shape index (κ1) is 13.5. The van der Waals surface area contributed by atoms with Crippen LogP contribution in [0.2, 0.25) is 0 Å². The Morgan fingerprint density at radius 1 is 1.25 bits per heavy atom. The number of anilines is 1. The van der Waals surface area contributed by atoms with E-state index >= 15 is 0 Å². The molecule has 2 N–H and O–H groups in total. The Morgan fingerprint density at radius 3 is 2.85 bits per heavy atom. The molecule has 0 radical (unpaired) electrons. The van der Waals surface area contributed by atoms with Crippen LogP contribution in [0.5, 0.6) is 0 Å². The number of aliphatic hydroxyl groups is 1. The summed E-state index contributed by atoms with van der Waals surface area (Å²) in [5.74, 6) is 0. The van der Waals surface area contributed by atoms with Gasteiger partial charge in [-0.2, -0.15) is 0 Å². The summed E-state index contributed by atoms with van der Waals surface area (Å²) in [6, 6.07) is 6.68. The van der Waals surface area contributed by atoms with Crippen molar-refractivity contribution < 1.29 is 13.5 Å². The maximum Gasteiger partial charge on any atom is 0.271 e. The van der Waals surface area contributed by atoms with Gasteiger partial charge >= 0.3 is 0 Å². The number of thiazole rings is 1. The first-order valence-electron chi connectivity index (χ1n) is 5.63. The molecule has 2 heterocycles. The van der Waals surface area contributed by atoms with Gasteiger partial charge in [0.15, 0.2) is 0 Å². The lowest BCUT2D eigenvalue weighted by molar-refractivity contribution is 0.282. The average molecular weight is 326 g/mol. The van der Waals surface area contributed by atoms with E-state index in [1.807, 2.05) is 0 Å². The fourth-order valence-corrected chi connectivity index (χ4v) is 4.67. The van der Waals surface area contributed by atoms with E-state index in [9.17, 15) is 8.42 Å². The van der Waals surface area contributed by atoms with Gasteiger partial charge in [-0.25, -0.2) is 13.4 Å². The summed E-state index contributed by atoms with van der Waals surface area (Å²) in [7, 11) is -3.61. The fraction of sp³-hybridized carbons (Fsp3) is 0.0833. The van der Waals surface area contributed by atoms with Crippen molar-refractivity contribution in [1.29, 1.82) is 0 Å². The number of aromatic nitrogens is 1. The van der Waals surface area contributed by atoms with Crippen molar-refractivity contribution in [3.8, 4) is 0 Å². The molecule has 8 heteroatoms. The molecule has 0 saturated carbocycles. The number of aliphatic hydroxyl groups excluding tert-OH is 1. The van der Waals surface area contributed by atoms with Crippen LogP contribution in [0.4, 0.5) is 5.69 Å². The van der Waals surface area contributed by atoms with Gasteiger partial charge in [0.05, 0.1) is 28.0 Å². The lowest BCUT2D eigenvalue weighted by atomic mass is 10.3. The third-order valence-corrected chi connectivity index (χ3v) is 6.32. The Labute approximate surface area is 123 Å². The summed E-state index contributed by atoms with van der Waals surface area (Å²) in [5, 5.41) is 10.6. The Bertz CT molecular complexity index is 852. The topological polar surface area (TPSA) is 79.3 Å². The molecule has 0 unspecified atom stereocenters. The molecule has 2 aromatic heterocycles. The Balaban J connectivity index is 1.92. The third-order valence-electron chi connectivity index (χ3n) is 2.66. The standard InChI is InChI=1S/C12H10N2O3S3/c15-5-8-3-12(18-6-8)20(16,17)14-9-1-2-10-11(4-9)19-7-13-10/h1-4,6-7,14-15H,5H2. The number of fused-ring (bicyclic) bond motifs is 1. The molecule has 20 heavy (non-hydrogen) atoms. The largest absolute Gasteiger partial charge is 0.392 e. The minimum absolute atomic E-state index is 0.168. The van der Waals surface area contributed by atoms with Crippen LogP contribution in [-0.2, 0) is 16.6 Å². The zero-order chi connectivity index (χ0) is 14.2. The average Bonchev–Trinajstić information content (AvgIpc) is 3.06. The number of sulfonamides is 1. The highest BCUT2D eigenvalue weighted by Gasteiger charge is 2.17. The molecule has 0 bridgehead atoms. The molecular formula is C12H10N2O3S3. The van der Waals surface area contributed by atoms with E-state index in [2.05, 4.69) is 9.71 Å². The zero-order valence-corrected chi connectivity index (χ0v) is 12.6. The predicted octanol–water partition coefficient (Wildman–Crippen LogP) is 2.65. The van der Waals surface area contributed by atoms with E-state index in [1.165, 1.54) is 17.4 Å². The van der Waals surface area contributed by atoms with Crippen molar-refractivity contribution in [2.75, 3.05) is 4.72 Å². The van der Waals surface area contributed by atoms with Crippen LogP contribution in [0.15, 0.2) is 39.4 Å². The van der Waals surface area contributed by atoms with Crippen LogP contribution in [0.3, 0.4) is 0 Å². The summed E-state index contributed by atoms with van der Waals surface area (Å²) < 4.78 is 28.1. The number of hydrogen-bond acceptors (Lipinski definition) is 6. The monoisotopic (exact) mass is 326 g/mol. The van der Waals surface area contributed by atoms with Gasteiger partial charge in [0.2, 0.25) is 0 Å². The van der Waals surface area contributed by atoms with Crippen LogP contribution in [0.25, 0.3) is 10.2 Å². The number of rotatable bonds is 4. The summed E-state index contributed by atoms with van der Waals surface area (Å²) in [6.45, 7) is -0.168. The first-order chi connectivity index (χ1) is 9.58. The molecule has 0 aliphatic heterocycles. The van der Waals surface area contributed by atoms with E-state index in [1.54, 1.807) is 29.1 Å². The summed E-state index contributed by atoms with van der Waals surface area (Å²) in [4.78, 5) is 4.14. The molecule has 1 aromatic carbocycles. The zero-order valence-electron chi connectivity index (χ0n) is 10.1. The molecule has 0 aliphatic rings. The fourth-order valence-electron chi connectivity index (χ4n) is 1.70. The van der Waals surface area contributed by atoms with E-state index in [0.717, 1.165) is 21.6 Å². The summed E-state index contributed by atoms with van der Waals surface area (Å²) in [6.07, 6.45) is 0. The molecular weight excluding hydrogens is 316 g/mol. The van der Waals surface area contributed by atoms with Crippen molar-refractivity contribution in [3.05, 3.63) is 40.7 Å². The Hall–Kier alpha value is -1.48. The normalized spacial score (nSPS) is 11.8. The quantitative estimate of drug-likeness (QED) is 0.772. The smallest absolute Gasteiger partial charge is 0.271 e. The molecule has 0 saturated heterocycles. The lowest BCUT2D eigenvalue weighted by Gasteiger charge is -2.05. The van der Waals surface area contributed by atoms with Crippen LogP contribution < -0.4 is 4.72 Å². The molecule has 0 fully saturated rings. The molecule has 0 aliphatic carbocycles. The van der Waals surface area contributed by atoms with Gasteiger partial charge in [-0.1, -0.05) is 0 Å². The van der Waals surface area contributed by atoms with E-state index in [0.29, 0.717) is 11.3 Å². The van der Waals surface area contributed by atoms with Gasteiger partial charge in [0.1, 0.15) is 4.21 Å². The van der Waals surface area contributed by atoms with Gasteiger partial charge < -0.3 is 5.11 Å². The van der Waals surface area contributed by atoms with Crippen molar-refractivity contribution in [2.24, 2.45) is 0 Å². The number of nitrogens with one attached hydrogen (secondary N) is 1. The van der Waals surface area contributed by atoms with Gasteiger partial charge in [-0.05, 0) is 35.2 Å². The van der Waals surface area contributed by atoms with Crippen molar-refractivity contribution >= 4 is 48.6 Å². The second-order valence-electron chi connectivity index (χ2n) is 4.07. The number of nitrogens with zero attached hydrogens (tertiary/aromatic N) is 1. The highest BCUT2D eigenvalue weighted by atomic mass is 32.2. The third kappa shape index (κ3) is 2.55. The molecule has 104 valence electrons. The first-order valence-corrected chi connectivity index (χ1v) is 8.87. The van der Waals surface area contributed by atoms with E-state index in [4.69, 9.17) is 5.11 Å². The van der Waals surface area contributed by atoms with E-state index in [-0.39, 0.29) is 10.8 Å². The number of thiophene rings is 1.